The zero-order valence-electron chi connectivity index (χ0n) is 16.0. The molecule has 1 unspecified atom stereocenters. The second-order valence-electron chi connectivity index (χ2n) is 7.18. The summed E-state index contributed by atoms with van der Waals surface area (Å²) in [4.78, 5) is 11.8. The number of ketones is 1. The van der Waals surface area contributed by atoms with Crippen LogP contribution in [0, 0.1) is 0 Å². The number of rotatable bonds is 18. The first kappa shape index (κ1) is 22.6. The van der Waals surface area contributed by atoms with Crippen molar-refractivity contribution in [3.8, 4) is 0 Å². The summed E-state index contributed by atoms with van der Waals surface area (Å²) in [5, 5.41) is 9.80. The molecule has 138 valence electrons. The molecule has 0 aromatic rings. The molecule has 0 saturated carbocycles. The van der Waals surface area contributed by atoms with E-state index in [1.165, 1.54) is 70.6 Å². The Morgan fingerprint density at radius 1 is 0.696 bits per heavy atom. The number of hydrogen-bond acceptors (Lipinski definition) is 2. The highest BCUT2D eigenvalue weighted by Crippen LogP contribution is 2.13. The highest BCUT2D eigenvalue weighted by atomic mass is 16.3. The molecule has 2 nitrogen and oxygen atoms in total. The van der Waals surface area contributed by atoms with Gasteiger partial charge in [-0.1, -0.05) is 97.3 Å². The van der Waals surface area contributed by atoms with E-state index >= 15 is 0 Å². The fourth-order valence-corrected chi connectivity index (χ4v) is 3.08. The highest BCUT2D eigenvalue weighted by molar-refractivity contribution is 5.78. The first-order chi connectivity index (χ1) is 11.2. The Labute approximate surface area is 145 Å². The second kappa shape index (κ2) is 18.0. The molecule has 0 aliphatic rings. The molecule has 1 N–H and O–H groups in total. The Morgan fingerprint density at radius 3 is 1.65 bits per heavy atom. The van der Waals surface area contributed by atoms with Crippen LogP contribution in [0.25, 0.3) is 0 Å². The van der Waals surface area contributed by atoms with Gasteiger partial charge in [0.2, 0.25) is 0 Å². The van der Waals surface area contributed by atoms with E-state index in [1.54, 1.807) is 0 Å². The summed E-state index contributed by atoms with van der Waals surface area (Å²) in [7, 11) is 0. The van der Waals surface area contributed by atoms with Gasteiger partial charge in [0.05, 0.1) is 6.10 Å². The van der Waals surface area contributed by atoms with E-state index in [0.717, 1.165) is 25.7 Å². The molecule has 2 heteroatoms. The SMILES string of the molecule is CCCCCCCCCCCCCC(=O)CC(O)CCCCC. The van der Waals surface area contributed by atoms with Gasteiger partial charge in [-0.25, -0.2) is 0 Å². The molecule has 0 bridgehead atoms. The summed E-state index contributed by atoms with van der Waals surface area (Å²) in [6, 6.07) is 0. The molecule has 0 rings (SSSR count). The first-order valence-electron chi connectivity index (χ1n) is 10.4. The largest absolute Gasteiger partial charge is 0.393 e. The van der Waals surface area contributed by atoms with Gasteiger partial charge in [-0.05, 0) is 12.8 Å². The third-order valence-corrected chi connectivity index (χ3v) is 4.66. The van der Waals surface area contributed by atoms with Crippen molar-refractivity contribution in [2.24, 2.45) is 0 Å². The van der Waals surface area contributed by atoms with Crippen LogP contribution in [0.4, 0.5) is 0 Å². The Bertz CT molecular complexity index is 250. The third-order valence-electron chi connectivity index (χ3n) is 4.66. The van der Waals surface area contributed by atoms with Crippen LogP contribution in [0.3, 0.4) is 0 Å². The van der Waals surface area contributed by atoms with Crippen LogP contribution >= 0.6 is 0 Å². The Kier molecular flexibility index (Phi) is 17.7. The molecule has 0 aliphatic carbocycles. The molecule has 0 aromatic heterocycles. The van der Waals surface area contributed by atoms with Crippen molar-refractivity contribution in [2.45, 2.75) is 129 Å². The number of carbonyl (C=O) groups excluding carboxylic acids is 1. The number of carbonyl (C=O) groups is 1. The average molecular weight is 327 g/mol. The quantitative estimate of drug-likeness (QED) is 0.288. The summed E-state index contributed by atoms with van der Waals surface area (Å²) in [5.41, 5.74) is 0. The summed E-state index contributed by atoms with van der Waals surface area (Å²) in [6.45, 7) is 4.42. The number of unbranched alkanes of at least 4 members (excludes halogenated alkanes) is 12. The van der Waals surface area contributed by atoms with Gasteiger partial charge in [-0.2, -0.15) is 0 Å². The first-order valence-corrected chi connectivity index (χ1v) is 10.4. The van der Waals surface area contributed by atoms with Gasteiger partial charge in [0.15, 0.2) is 0 Å². The summed E-state index contributed by atoms with van der Waals surface area (Å²) >= 11 is 0. The topological polar surface area (TPSA) is 37.3 Å². The molecular weight excluding hydrogens is 284 g/mol. The van der Waals surface area contributed by atoms with E-state index in [9.17, 15) is 9.90 Å². The Morgan fingerprint density at radius 2 is 1.13 bits per heavy atom. The summed E-state index contributed by atoms with van der Waals surface area (Å²) in [6.07, 6.45) is 19.2. The molecule has 1 atom stereocenters. The number of aliphatic hydroxyl groups is 1. The molecule has 0 heterocycles. The standard InChI is InChI=1S/C21H42O2/c1-3-5-7-8-9-10-11-12-13-14-16-18-21(23)19-20(22)17-15-6-4-2/h20,22H,3-19H2,1-2H3. The predicted molar refractivity (Wildman–Crippen MR) is 101 cm³/mol. The molecule has 0 fully saturated rings. The summed E-state index contributed by atoms with van der Waals surface area (Å²) < 4.78 is 0. The normalized spacial score (nSPS) is 12.5. The van der Waals surface area contributed by atoms with Crippen molar-refractivity contribution in [3.05, 3.63) is 0 Å². The van der Waals surface area contributed by atoms with E-state index in [-0.39, 0.29) is 5.78 Å². The van der Waals surface area contributed by atoms with Crippen molar-refractivity contribution >= 4 is 5.78 Å². The van der Waals surface area contributed by atoms with E-state index in [0.29, 0.717) is 12.8 Å². The lowest BCUT2D eigenvalue weighted by molar-refractivity contribution is -0.121. The fraction of sp³-hybridized carbons (Fsp3) is 0.952. The van der Waals surface area contributed by atoms with Gasteiger partial charge < -0.3 is 5.11 Å². The van der Waals surface area contributed by atoms with E-state index in [1.807, 2.05) is 0 Å². The molecule has 0 spiro atoms. The lowest BCUT2D eigenvalue weighted by Gasteiger charge is -2.09. The average Bonchev–Trinajstić information content (AvgIpc) is 2.52. The molecule has 23 heavy (non-hydrogen) atoms. The molecule has 0 radical (unpaired) electrons. The zero-order valence-corrected chi connectivity index (χ0v) is 16.0. The lowest BCUT2D eigenvalue weighted by Crippen LogP contribution is -2.13. The lowest BCUT2D eigenvalue weighted by atomic mass is 10.0. The molecule has 0 saturated heterocycles. The summed E-state index contributed by atoms with van der Waals surface area (Å²) in [5.74, 6) is 0.255. The third kappa shape index (κ3) is 17.8. The van der Waals surface area contributed by atoms with Crippen LogP contribution in [0.1, 0.15) is 123 Å². The van der Waals surface area contributed by atoms with Crippen LogP contribution in [-0.2, 0) is 4.79 Å². The van der Waals surface area contributed by atoms with Gasteiger partial charge in [0.25, 0.3) is 0 Å². The van der Waals surface area contributed by atoms with Crippen molar-refractivity contribution in [1.29, 1.82) is 0 Å². The van der Waals surface area contributed by atoms with Crippen molar-refractivity contribution in [3.63, 3.8) is 0 Å². The number of hydrogen-bond donors (Lipinski definition) is 1. The van der Waals surface area contributed by atoms with E-state index < -0.39 is 6.10 Å². The van der Waals surface area contributed by atoms with Gasteiger partial charge >= 0.3 is 0 Å². The predicted octanol–water partition coefficient (Wildman–Crippen LogP) is 6.59. The Hall–Kier alpha value is -0.370. The van der Waals surface area contributed by atoms with Gasteiger partial charge in [-0.3, -0.25) is 4.79 Å². The molecular formula is C21H42O2. The zero-order chi connectivity index (χ0) is 17.2. The van der Waals surface area contributed by atoms with Gasteiger partial charge in [-0.15, -0.1) is 0 Å². The number of Topliss-reactive ketones (excluding diaryl/α,β-unsaturated/α-hetero) is 1. The van der Waals surface area contributed by atoms with Crippen LogP contribution < -0.4 is 0 Å². The second-order valence-corrected chi connectivity index (χ2v) is 7.18. The smallest absolute Gasteiger partial charge is 0.135 e. The van der Waals surface area contributed by atoms with Gasteiger partial charge in [0, 0.05) is 12.8 Å². The minimum Gasteiger partial charge on any atom is -0.393 e. The van der Waals surface area contributed by atoms with Gasteiger partial charge in [0.1, 0.15) is 5.78 Å². The maximum absolute atomic E-state index is 11.8. The highest BCUT2D eigenvalue weighted by Gasteiger charge is 2.10. The maximum atomic E-state index is 11.8. The minimum atomic E-state index is -0.401. The monoisotopic (exact) mass is 326 g/mol. The van der Waals surface area contributed by atoms with Crippen molar-refractivity contribution in [2.75, 3.05) is 0 Å². The van der Waals surface area contributed by atoms with Crippen molar-refractivity contribution in [1.82, 2.24) is 0 Å². The van der Waals surface area contributed by atoms with Crippen LogP contribution in [-0.4, -0.2) is 17.0 Å². The van der Waals surface area contributed by atoms with E-state index in [4.69, 9.17) is 0 Å². The fourth-order valence-electron chi connectivity index (χ4n) is 3.08. The maximum Gasteiger partial charge on any atom is 0.135 e. The molecule has 0 aromatic carbocycles. The number of aliphatic hydroxyl groups excluding tert-OH is 1. The molecule has 0 amide bonds. The van der Waals surface area contributed by atoms with Crippen LogP contribution in [0.5, 0.6) is 0 Å². The Balaban J connectivity index is 3.26. The molecule has 0 aliphatic heterocycles. The van der Waals surface area contributed by atoms with E-state index in [2.05, 4.69) is 13.8 Å². The van der Waals surface area contributed by atoms with Crippen LogP contribution in [0.2, 0.25) is 0 Å². The van der Waals surface area contributed by atoms with Crippen molar-refractivity contribution < 1.29 is 9.90 Å². The minimum absolute atomic E-state index is 0.255. The van der Waals surface area contributed by atoms with Crippen LogP contribution in [0.15, 0.2) is 0 Å².